The van der Waals surface area contributed by atoms with E-state index < -0.39 is 20.8 Å². The summed E-state index contributed by atoms with van der Waals surface area (Å²) in [6.07, 6.45) is 0. The van der Waals surface area contributed by atoms with Crippen molar-refractivity contribution >= 4 is 48.1 Å². The summed E-state index contributed by atoms with van der Waals surface area (Å²) in [6, 6.07) is 33.4. The summed E-state index contributed by atoms with van der Waals surface area (Å²) in [6.45, 7) is 45.6. The molecular weight excluding hydrogens is 863 g/mol. The second-order valence-corrected chi connectivity index (χ2v) is 26.4. The van der Waals surface area contributed by atoms with Gasteiger partial charge in [0.25, 0.3) is 0 Å². The summed E-state index contributed by atoms with van der Waals surface area (Å²) in [5.74, 6) is 1.05. The Bertz CT molecular complexity index is 2090. The molecule has 4 heteroatoms. The fraction of sp³-hybridized carbons (Fsp3) is 0.464. The second-order valence-electron chi connectivity index (χ2n) is 21.7. The summed E-state index contributed by atoms with van der Waals surface area (Å²) < 4.78 is 0. The van der Waals surface area contributed by atoms with Crippen molar-refractivity contribution in [2.45, 2.75) is 171 Å². The van der Waals surface area contributed by atoms with Crippen molar-refractivity contribution in [3.8, 4) is 22.3 Å². The average molecular weight is 939 g/mol. The van der Waals surface area contributed by atoms with E-state index in [0.29, 0.717) is 11.8 Å². The fourth-order valence-electron chi connectivity index (χ4n) is 7.43. The molecule has 0 unspecified atom stereocenters. The van der Waals surface area contributed by atoms with Gasteiger partial charge in [0.1, 0.15) is 0 Å². The van der Waals surface area contributed by atoms with Crippen molar-refractivity contribution < 1.29 is 20.8 Å². The van der Waals surface area contributed by atoms with Gasteiger partial charge in [-0.3, -0.25) is 0 Å². The van der Waals surface area contributed by atoms with Gasteiger partial charge in [-0.15, -0.1) is 56.9 Å². The molecule has 0 heterocycles. The Morgan fingerprint density at radius 3 is 0.917 bits per heavy atom. The molecule has 60 heavy (non-hydrogen) atoms. The molecule has 6 aromatic carbocycles. The molecule has 0 saturated heterocycles. The molecule has 0 aliphatic carbocycles. The van der Waals surface area contributed by atoms with Crippen molar-refractivity contribution in [1.29, 1.82) is 0 Å². The van der Waals surface area contributed by atoms with Crippen LogP contribution >= 0.6 is 17.0 Å². The van der Waals surface area contributed by atoms with Gasteiger partial charge in [0, 0.05) is 9.52 Å². The van der Waals surface area contributed by atoms with E-state index in [1.54, 1.807) is 0 Å². The van der Waals surface area contributed by atoms with Crippen molar-refractivity contribution in [2.24, 2.45) is 0 Å². The van der Waals surface area contributed by atoms with E-state index in [2.05, 4.69) is 223 Å². The minimum absolute atomic E-state index is 0.132. The van der Waals surface area contributed by atoms with Gasteiger partial charge in [-0.2, -0.15) is 12.1 Å². The molecule has 0 aliphatic rings. The van der Waals surface area contributed by atoms with Gasteiger partial charge in [-0.05, 0) is 66.9 Å². The predicted molar refractivity (Wildman–Crippen MR) is 272 cm³/mol. The van der Waals surface area contributed by atoms with E-state index in [-0.39, 0.29) is 21.7 Å². The molecule has 322 valence electrons. The van der Waals surface area contributed by atoms with Gasteiger partial charge >= 0.3 is 37.9 Å². The molecule has 0 fully saturated rings. The van der Waals surface area contributed by atoms with Gasteiger partial charge in [-0.1, -0.05) is 209 Å². The van der Waals surface area contributed by atoms with E-state index in [1.165, 1.54) is 88.3 Å². The molecule has 0 aliphatic heterocycles. The molecular formula is C56H76Cl2SiZr. The summed E-state index contributed by atoms with van der Waals surface area (Å²) >= 11 is -0.826. The maximum atomic E-state index is 4.93. The number of benzene rings is 4. The van der Waals surface area contributed by atoms with Gasteiger partial charge in [0.2, 0.25) is 0 Å². The molecule has 0 spiro atoms. The molecule has 0 atom stereocenters. The molecule has 0 aromatic heterocycles. The third-order valence-corrected chi connectivity index (χ3v) is 11.3. The van der Waals surface area contributed by atoms with Crippen LogP contribution in [0.15, 0.2) is 84.9 Å². The topological polar surface area (TPSA) is 0 Å². The summed E-state index contributed by atoms with van der Waals surface area (Å²) in [5.41, 5.74) is 17.2. The first-order valence-corrected chi connectivity index (χ1v) is 30.2. The van der Waals surface area contributed by atoms with Crippen molar-refractivity contribution in [2.75, 3.05) is 0 Å². The first-order valence-electron chi connectivity index (χ1n) is 21.8. The average Bonchev–Trinajstić information content (AvgIpc) is 3.70. The van der Waals surface area contributed by atoms with E-state index >= 15 is 0 Å². The van der Waals surface area contributed by atoms with Gasteiger partial charge in [0.05, 0.1) is 0 Å². The number of hydrogen-bond donors (Lipinski definition) is 0. The fourth-order valence-corrected chi connectivity index (χ4v) is 7.43. The molecule has 0 amide bonds. The van der Waals surface area contributed by atoms with Crippen LogP contribution in [0.3, 0.4) is 0 Å². The third kappa shape index (κ3) is 13.9. The monoisotopic (exact) mass is 936 g/mol. The van der Waals surface area contributed by atoms with Crippen LogP contribution < -0.4 is 0 Å². The van der Waals surface area contributed by atoms with Crippen LogP contribution in [-0.4, -0.2) is 9.52 Å². The molecule has 0 nitrogen and oxygen atoms in total. The number of rotatable bonds is 4. The van der Waals surface area contributed by atoms with Gasteiger partial charge in [0.15, 0.2) is 0 Å². The van der Waals surface area contributed by atoms with E-state index in [4.69, 9.17) is 17.0 Å². The molecule has 0 saturated carbocycles. The van der Waals surface area contributed by atoms with Crippen LogP contribution in [-0.2, 0) is 42.5 Å². The van der Waals surface area contributed by atoms with Crippen LogP contribution in [0.1, 0.15) is 167 Å². The zero-order valence-electron chi connectivity index (χ0n) is 41.0. The van der Waals surface area contributed by atoms with Crippen molar-refractivity contribution in [3.05, 3.63) is 129 Å². The molecule has 0 N–H and O–H groups in total. The van der Waals surface area contributed by atoms with Crippen LogP contribution in [0, 0.1) is 13.8 Å². The Morgan fingerprint density at radius 1 is 0.450 bits per heavy atom. The Balaban J connectivity index is 0.000000283. The predicted octanol–water partition coefficient (Wildman–Crippen LogP) is 18.7. The molecule has 6 aromatic rings. The van der Waals surface area contributed by atoms with Crippen LogP contribution in [0.2, 0.25) is 13.1 Å². The third-order valence-electron chi connectivity index (χ3n) is 11.3. The Labute approximate surface area is 388 Å². The molecule has 2 radical (unpaired) electrons. The standard InChI is InChI=1S/2C27H35.C2H6Si.2ClH.Zr/c2*1-17(2)19-12-20-10-18(3)11-24(20)25(15-19)21-13-22(26(4,5)6)16-23(14-21)27(7,8)9;1-3-2;;;/h2*10-17H,1-9H3;1-2H3;2*1H;/q2*-1;;;;+4/p-2. The summed E-state index contributed by atoms with van der Waals surface area (Å²) in [7, 11) is 11.0. The molecule has 0 bridgehead atoms. The summed E-state index contributed by atoms with van der Waals surface area (Å²) in [4.78, 5) is 0. The number of hydrogen-bond acceptors (Lipinski definition) is 0. The van der Waals surface area contributed by atoms with Crippen LogP contribution in [0.25, 0.3) is 43.8 Å². The van der Waals surface area contributed by atoms with E-state index in [0.717, 1.165) is 9.52 Å². The first-order chi connectivity index (χ1) is 27.5. The van der Waals surface area contributed by atoms with Gasteiger partial charge < -0.3 is 0 Å². The maximum absolute atomic E-state index is 4.93. The Kier molecular flexibility index (Phi) is 18.2. The number of halogens is 2. The summed E-state index contributed by atoms with van der Waals surface area (Å²) in [5, 5.41) is 5.49. The van der Waals surface area contributed by atoms with Crippen molar-refractivity contribution in [3.63, 3.8) is 0 Å². The van der Waals surface area contributed by atoms with Crippen LogP contribution in [0.4, 0.5) is 0 Å². The Hall–Kier alpha value is -2.22. The minimum atomic E-state index is -0.826. The normalized spacial score (nSPS) is 12.1. The zero-order chi connectivity index (χ0) is 45.7. The zero-order valence-corrected chi connectivity index (χ0v) is 46.0. The quantitative estimate of drug-likeness (QED) is 0.122. The van der Waals surface area contributed by atoms with Gasteiger partial charge in [-0.25, -0.2) is 0 Å². The van der Waals surface area contributed by atoms with Crippen molar-refractivity contribution in [1.82, 2.24) is 0 Å². The number of aryl methyl sites for hydroxylation is 2. The second kappa shape index (κ2) is 21.0. The van der Waals surface area contributed by atoms with Crippen LogP contribution in [0.5, 0.6) is 0 Å². The molecule has 6 rings (SSSR count). The Morgan fingerprint density at radius 2 is 0.700 bits per heavy atom. The SMILES string of the molecule is C[Si]C.Cc1cc2c(-c3cc(C(C)(C)C)cc(C(C)(C)C)c3)cc(C(C)C)cc2[cH-]1.Cc1cc2c(-c3cc(C(C)(C)C)cc(C(C)(C)C)c3)cc(C(C)C)cc2[cH-]1.[Cl][Zr+2][Cl]. The van der Waals surface area contributed by atoms with E-state index in [1.807, 2.05) is 0 Å². The number of fused-ring (bicyclic) bond motifs is 2. The van der Waals surface area contributed by atoms with E-state index in [9.17, 15) is 0 Å². The first kappa shape index (κ1) is 52.1.